The standard InChI is InChI=1S/C12H12N6O4/c1-7-10(11(19)13-6-9-4-3-5-22-9)16-15-8(2)12(18(20)21)17(16)14-7/h3-5H,6H2,1-2H3,(H-,13,14,15,19)/p+1. The lowest BCUT2D eigenvalue weighted by atomic mass is 10.3. The molecule has 0 aliphatic carbocycles. The third-order valence-corrected chi connectivity index (χ3v) is 3.18. The van der Waals surface area contributed by atoms with Gasteiger partial charge in [-0.1, -0.05) is 0 Å². The van der Waals surface area contributed by atoms with Crippen LogP contribution < -0.4 is 9.95 Å². The molecule has 0 aliphatic rings. The van der Waals surface area contributed by atoms with Crippen LogP contribution in [0.2, 0.25) is 0 Å². The highest BCUT2D eigenvalue weighted by Gasteiger charge is 2.37. The summed E-state index contributed by atoms with van der Waals surface area (Å²) in [5.74, 6) is -0.0219. The smallest absolute Gasteiger partial charge is 0.436 e. The van der Waals surface area contributed by atoms with Crippen molar-refractivity contribution in [2.75, 3.05) is 0 Å². The first-order valence-electron chi connectivity index (χ1n) is 6.44. The van der Waals surface area contributed by atoms with Crippen molar-refractivity contribution in [2.45, 2.75) is 20.4 Å². The van der Waals surface area contributed by atoms with Crippen molar-refractivity contribution in [3.63, 3.8) is 0 Å². The van der Waals surface area contributed by atoms with Crippen LogP contribution >= 0.6 is 0 Å². The molecule has 0 bridgehead atoms. The van der Waals surface area contributed by atoms with Crippen molar-refractivity contribution in [1.29, 1.82) is 0 Å². The van der Waals surface area contributed by atoms with Gasteiger partial charge in [-0.2, -0.15) is 5.10 Å². The highest BCUT2D eigenvalue weighted by atomic mass is 16.6. The summed E-state index contributed by atoms with van der Waals surface area (Å²) < 4.78 is 7.45. The molecule has 10 nitrogen and oxygen atoms in total. The van der Waals surface area contributed by atoms with Crippen LogP contribution in [0.25, 0.3) is 0 Å². The number of hydrogen-bond donors (Lipinski definition) is 2. The largest absolute Gasteiger partial charge is 0.467 e. The van der Waals surface area contributed by atoms with Crippen LogP contribution in [0.1, 0.15) is 27.6 Å². The third-order valence-electron chi connectivity index (χ3n) is 3.18. The second kappa shape index (κ2) is 4.98. The molecular weight excluding hydrogens is 292 g/mol. The maximum absolute atomic E-state index is 12.3. The molecule has 0 spiro atoms. The van der Waals surface area contributed by atoms with Gasteiger partial charge >= 0.3 is 17.4 Å². The number of H-pyrrole nitrogens is 1. The molecule has 0 aromatic carbocycles. The monoisotopic (exact) mass is 305 g/mol. The molecule has 1 amide bonds. The van der Waals surface area contributed by atoms with Gasteiger partial charge in [0.25, 0.3) is 5.69 Å². The van der Waals surface area contributed by atoms with Crippen LogP contribution in [-0.4, -0.2) is 25.7 Å². The number of amides is 1. The fourth-order valence-corrected chi connectivity index (χ4v) is 2.22. The first-order valence-corrected chi connectivity index (χ1v) is 6.44. The number of carbonyl (C=O) groups excluding carboxylic acids is 1. The van der Waals surface area contributed by atoms with E-state index in [-0.39, 0.29) is 18.1 Å². The molecular formula is C12H13N6O4+. The van der Waals surface area contributed by atoms with Gasteiger partial charge in [0, 0.05) is 11.6 Å². The van der Waals surface area contributed by atoms with Crippen molar-refractivity contribution < 1.29 is 18.8 Å². The highest BCUT2D eigenvalue weighted by Crippen LogP contribution is 2.13. The lowest BCUT2D eigenvalue weighted by Gasteiger charge is -1.98. The van der Waals surface area contributed by atoms with E-state index in [1.165, 1.54) is 10.9 Å². The summed E-state index contributed by atoms with van der Waals surface area (Å²) in [7, 11) is 0. The van der Waals surface area contributed by atoms with Crippen molar-refractivity contribution in [2.24, 2.45) is 0 Å². The first-order chi connectivity index (χ1) is 10.5. The molecule has 3 aromatic heterocycles. The van der Waals surface area contributed by atoms with E-state index in [9.17, 15) is 14.9 Å². The van der Waals surface area contributed by atoms with Gasteiger partial charge < -0.3 is 19.8 Å². The lowest BCUT2D eigenvalue weighted by molar-refractivity contribution is -0.682. The number of nitrogens with zero attached hydrogens (tertiary/aromatic N) is 4. The van der Waals surface area contributed by atoms with E-state index >= 15 is 0 Å². The number of nitrogens with one attached hydrogen (secondary N) is 2. The van der Waals surface area contributed by atoms with Crippen molar-refractivity contribution in [1.82, 2.24) is 20.1 Å². The molecule has 10 heteroatoms. The van der Waals surface area contributed by atoms with Gasteiger partial charge in [0.2, 0.25) is 0 Å². The SMILES string of the molecule is Cc1nn2c([N+](=O)[O-])c(C)[nH][n+]2c1C(=O)NCc1ccco1. The van der Waals surface area contributed by atoms with E-state index in [4.69, 9.17) is 4.42 Å². The summed E-state index contributed by atoms with van der Waals surface area (Å²) in [6, 6.07) is 3.45. The zero-order chi connectivity index (χ0) is 15.9. The zero-order valence-corrected chi connectivity index (χ0v) is 11.9. The van der Waals surface area contributed by atoms with Gasteiger partial charge in [-0.3, -0.25) is 4.79 Å². The molecule has 0 unspecified atom stereocenters. The summed E-state index contributed by atoms with van der Waals surface area (Å²) in [5.41, 5.74) is 0.872. The molecule has 0 atom stereocenters. The Morgan fingerprint density at radius 1 is 1.59 bits per heavy atom. The lowest BCUT2D eigenvalue weighted by Crippen LogP contribution is -2.39. The summed E-state index contributed by atoms with van der Waals surface area (Å²) >= 11 is 0. The number of fused-ring (bicyclic) bond motifs is 1. The van der Waals surface area contributed by atoms with Gasteiger partial charge in [-0.15, -0.1) is 0 Å². The highest BCUT2D eigenvalue weighted by molar-refractivity contribution is 5.91. The minimum Gasteiger partial charge on any atom is -0.467 e. The Hall–Kier alpha value is -3.17. The second-order valence-corrected chi connectivity index (χ2v) is 4.71. The first kappa shape index (κ1) is 13.8. The van der Waals surface area contributed by atoms with Crippen molar-refractivity contribution >= 4 is 11.7 Å². The average molecular weight is 305 g/mol. The normalized spacial score (nSPS) is 11.0. The third kappa shape index (κ3) is 2.10. The topological polar surface area (TPSA) is 123 Å². The Kier molecular flexibility index (Phi) is 3.13. The van der Waals surface area contributed by atoms with Gasteiger partial charge in [0.05, 0.1) is 12.8 Å². The van der Waals surface area contributed by atoms with Crippen LogP contribution in [0.5, 0.6) is 0 Å². The van der Waals surface area contributed by atoms with Crippen LogP contribution in [0, 0.1) is 24.0 Å². The fourth-order valence-electron chi connectivity index (χ4n) is 2.22. The number of carbonyl (C=O) groups is 1. The van der Waals surface area contributed by atoms with Crippen LogP contribution in [0.15, 0.2) is 22.8 Å². The van der Waals surface area contributed by atoms with Crippen molar-refractivity contribution in [3.8, 4) is 0 Å². The van der Waals surface area contributed by atoms with Gasteiger partial charge in [-0.25, -0.2) is 0 Å². The summed E-state index contributed by atoms with van der Waals surface area (Å²) in [6.07, 6.45) is 1.51. The maximum atomic E-state index is 12.3. The minimum absolute atomic E-state index is 0.197. The second-order valence-electron chi connectivity index (χ2n) is 4.71. The van der Waals surface area contributed by atoms with E-state index in [0.717, 1.165) is 4.63 Å². The van der Waals surface area contributed by atoms with Crippen LogP contribution in [0.4, 0.5) is 5.82 Å². The molecule has 0 saturated carbocycles. The van der Waals surface area contributed by atoms with Gasteiger partial charge in [0.15, 0.2) is 10.3 Å². The maximum Gasteiger partial charge on any atom is 0.436 e. The number of aromatic nitrogens is 4. The number of rotatable bonds is 4. The predicted octanol–water partition coefficient (Wildman–Crippen LogP) is 0.296. The predicted molar refractivity (Wildman–Crippen MR) is 71.2 cm³/mol. The molecule has 3 rings (SSSR count). The van der Waals surface area contributed by atoms with Crippen LogP contribution in [0.3, 0.4) is 0 Å². The fraction of sp³-hybridized carbons (Fsp3) is 0.250. The number of nitro groups is 1. The molecule has 3 heterocycles. The van der Waals surface area contributed by atoms with E-state index in [2.05, 4.69) is 15.5 Å². The minimum atomic E-state index is -0.553. The Morgan fingerprint density at radius 2 is 2.36 bits per heavy atom. The Morgan fingerprint density at radius 3 is 3.00 bits per heavy atom. The molecule has 22 heavy (non-hydrogen) atoms. The number of aryl methyl sites for hydroxylation is 2. The molecule has 2 N–H and O–H groups in total. The molecule has 3 aromatic rings. The van der Waals surface area contributed by atoms with E-state index < -0.39 is 10.8 Å². The summed E-state index contributed by atoms with van der Waals surface area (Å²) in [6.45, 7) is 3.36. The Balaban J connectivity index is 1.96. The molecule has 0 saturated heterocycles. The Labute approximate surface area is 123 Å². The van der Waals surface area contributed by atoms with Crippen molar-refractivity contribution in [3.05, 3.63) is 51.4 Å². The molecule has 0 fully saturated rings. The summed E-state index contributed by atoms with van der Waals surface area (Å²) in [4.78, 5) is 22.8. The molecule has 0 radical (unpaired) electrons. The van der Waals surface area contributed by atoms with E-state index in [1.807, 2.05) is 0 Å². The van der Waals surface area contributed by atoms with E-state index in [0.29, 0.717) is 17.1 Å². The van der Waals surface area contributed by atoms with E-state index in [1.54, 1.807) is 26.0 Å². The number of aromatic amines is 1. The molecule has 114 valence electrons. The van der Waals surface area contributed by atoms with Gasteiger partial charge in [0.1, 0.15) is 10.9 Å². The number of furan rings is 1. The Bertz CT molecular complexity index is 860. The average Bonchev–Trinajstić information content (AvgIpc) is 3.11. The number of hydrogen-bond acceptors (Lipinski definition) is 5. The van der Waals surface area contributed by atoms with Crippen LogP contribution in [-0.2, 0) is 6.54 Å². The summed E-state index contributed by atoms with van der Waals surface area (Å²) in [5, 5.41) is 20.6. The van der Waals surface area contributed by atoms with Gasteiger partial charge in [-0.05, 0) is 24.0 Å². The quantitative estimate of drug-likeness (QED) is 0.407. The zero-order valence-electron chi connectivity index (χ0n) is 11.9. The molecule has 0 aliphatic heterocycles.